The molecule has 0 aliphatic carbocycles. The van der Waals surface area contributed by atoms with Gasteiger partial charge >= 0.3 is 0 Å². The third-order valence-corrected chi connectivity index (χ3v) is 3.57. The molecule has 0 radical (unpaired) electrons. The van der Waals surface area contributed by atoms with E-state index < -0.39 is 0 Å². The quantitative estimate of drug-likeness (QED) is 0.644. The molecule has 0 unspecified atom stereocenters. The van der Waals surface area contributed by atoms with Gasteiger partial charge < -0.3 is 20.2 Å². The van der Waals surface area contributed by atoms with Gasteiger partial charge in [-0.15, -0.1) is 0 Å². The number of hydrogen-bond acceptors (Lipinski definition) is 4. The fraction of sp³-hybridized carbons (Fsp3) is 0.158. The second-order valence-corrected chi connectivity index (χ2v) is 5.40. The Labute approximate surface area is 135 Å². The largest absolute Gasteiger partial charge is 0.508 e. The van der Waals surface area contributed by atoms with Crippen molar-refractivity contribution in [2.75, 3.05) is 12.4 Å². The number of phenolic OH excluding ortho intramolecular Hbond substituents is 1. The lowest BCUT2D eigenvalue weighted by molar-refractivity contribution is 0.474. The Morgan fingerprint density at radius 2 is 1.83 bits per heavy atom. The predicted octanol–water partition coefficient (Wildman–Crippen LogP) is 3.98. The first-order valence-electron chi connectivity index (χ1n) is 7.60. The van der Waals surface area contributed by atoms with Crippen LogP contribution < -0.4 is 10.6 Å². The van der Waals surface area contributed by atoms with Gasteiger partial charge in [0.1, 0.15) is 17.3 Å². The molecule has 0 atom stereocenters. The van der Waals surface area contributed by atoms with Crippen LogP contribution in [0.1, 0.15) is 11.3 Å². The van der Waals surface area contributed by atoms with E-state index >= 15 is 0 Å². The van der Waals surface area contributed by atoms with Gasteiger partial charge in [-0.05, 0) is 49.0 Å². The minimum atomic E-state index is 0.236. The highest BCUT2D eigenvalue weighted by molar-refractivity contribution is 5.59. The van der Waals surface area contributed by atoms with Crippen molar-refractivity contribution in [3.05, 3.63) is 72.0 Å². The second kappa shape index (κ2) is 7.03. The number of hydrogen-bond donors (Lipinski definition) is 3. The molecular weight excluding hydrogens is 288 g/mol. The first-order valence-corrected chi connectivity index (χ1v) is 7.60. The lowest BCUT2D eigenvalue weighted by atomic mass is 10.2. The molecule has 2 aromatic carbocycles. The van der Waals surface area contributed by atoms with E-state index in [1.54, 1.807) is 18.2 Å². The third-order valence-electron chi connectivity index (χ3n) is 3.57. The van der Waals surface area contributed by atoms with Crippen molar-refractivity contribution in [1.29, 1.82) is 0 Å². The van der Waals surface area contributed by atoms with Gasteiger partial charge in [0.05, 0.1) is 6.54 Å². The summed E-state index contributed by atoms with van der Waals surface area (Å²) in [6, 6.07) is 19.2. The van der Waals surface area contributed by atoms with Gasteiger partial charge in [0.2, 0.25) is 0 Å². The SMILES string of the molecule is CNCc1cccc(NCc2ccc(-c3cccc(O)c3)o2)c1. The van der Waals surface area contributed by atoms with E-state index in [4.69, 9.17) is 4.42 Å². The van der Waals surface area contributed by atoms with E-state index in [1.165, 1.54) is 5.56 Å². The first-order chi connectivity index (χ1) is 11.2. The van der Waals surface area contributed by atoms with Crippen LogP contribution in [-0.2, 0) is 13.1 Å². The molecule has 0 bridgehead atoms. The molecule has 3 rings (SSSR count). The van der Waals surface area contributed by atoms with Crippen molar-refractivity contribution in [2.45, 2.75) is 13.1 Å². The smallest absolute Gasteiger partial charge is 0.134 e. The molecule has 118 valence electrons. The van der Waals surface area contributed by atoms with Crippen LogP contribution in [-0.4, -0.2) is 12.2 Å². The fourth-order valence-electron chi connectivity index (χ4n) is 2.47. The van der Waals surface area contributed by atoms with E-state index in [0.29, 0.717) is 6.54 Å². The Morgan fingerprint density at radius 1 is 0.957 bits per heavy atom. The minimum absolute atomic E-state index is 0.236. The van der Waals surface area contributed by atoms with Gasteiger partial charge in [0, 0.05) is 17.8 Å². The van der Waals surface area contributed by atoms with Crippen LogP contribution in [0.5, 0.6) is 5.75 Å². The second-order valence-electron chi connectivity index (χ2n) is 5.40. The number of benzene rings is 2. The van der Waals surface area contributed by atoms with Gasteiger partial charge in [0.15, 0.2) is 0 Å². The summed E-state index contributed by atoms with van der Waals surface area (Å²) in [6.45, 7) is 1.46. The highest BCUT2D eigenvalue weighted by atomic mass is 16.3. The number of phenols is 1. The van der Waals surface area contributed by atoms with Crippen molar-refractivity contribution < 1.29 is 9.52 Å². The topological polar surface area (TPSA) is 57.4 Å². The Morgan fingerprint density at radius 3 is 2.65 bits per heavy atom. The van der Waals surface area contributed by atoms with E-state index in [1.807, 2.05) is 37.4 Å². The summed E-state index contributed by atoms with van der Waals surface area (Å²) >= 11 is 0. The monoisotopic (exact) mass is 308 g/mol. The predicted molar refractivity (Wildman–Crippen MR) is 92.3 cm³/mol. The summed E-state index contributed by atoms with van der Waals surface area (Å²) in [4.78, 5) is 0. The van der Waals surface area contributed by atoms with Gasteiger partial charge in [0.25, 0.3) is 0 Å². The normalized spacial score (nSPS) is 10.7. The first kappa shape index (κ1) is 15.2. The molecule has 3 aromatic rings. The average Bonchev–Trinajstić information content (AvgIpc) is 3.03. The van der Waals surface area contributed by atoms with Crippen LogP contribution in [0.15, 0.2) is 65.1 Å². The molecule has 4 nitrogen and oxygen atoms in total. The molecule has 4 heteroatoms. The van der Waals surface area contributed by atoms with Gasteiger partial charge in [-0.1, -0.05) is 24.3 Å². The summed E-state index contributed by atoms with van der Waals surface area (Å²) in [5, 5.41) is 16.1. The molecule has 0 spiro atoms. The van der Waals surface area contributed by atoms with Gasteiger partial charge in [-0.2, -0.15) is 0 Å². The maximum Gasteiger partial charge on any atom is 0.134 e. The Balaban J connectivity index is 1.66. The maximum atomic E-state index is 9.54. The molecule has 0 fully saturated rings. The highest BCUT2D eigenvalue weighted by Gasteiger charge is 2.05. The number of nitrogens with one attached hydrogen (secondary N) is 2. The molecule has 0 saturated heterocycles. The Bertz CT molecular complexity index is 780. The van der Waals surface area contributed by atoms with Crippen molar-refractivity contribution in [1.82, 2.24) is 5.32 Å². The summed E-state index contributed by atoms with van der Waals surface area (Å²) < 4.78 is 5.84. The van der Waals surface area contributed by atoms with Crippen LogP contribution in [0.3, 0.4) is 0 Å². The van der Waals surface area contributed by atoms with Crippen molar-refractivity contribution in [3.8, 4) is 17.1 Å². The van der Waals surface area contributed by atoms with Crippen molar-refractivity contribution in [2.24, 2.45) is 0 Å². The number of furan rings is 1. The van der Waals surface area contributed by atoms with E-state index in [2.05, 4.69) is 22.8 Å². The molecule has 0 saturated carbocycles. The van der Waals surface area contributed by atoms with E-state index in [0.717, 1.165) is 29.3 Å². The molecule has 23 heavy (non-hydrogen) atoms. The summed E-state index contributed by atoms with van der Waals surface area (Å²) in [6.07, 6.45) is 0. The Hall–Kier alpha value is -2.72. The van der Waals surface area contributed by atoms with Crippen LogP contribution in [0.2, 0.25) is 0 Å². The number of rotatable bonds is 6. The molecule has 0 aliphatic heterocycles. The summed E-state index contributed by atoms with van der Waals surface area (Å²) in [5.41, 5.74) is 3.16. The summed E-state index contributed by atoms with van der Waals surface area (Å²) in [5.74, 6) is 1.84. The zero-order chi connectivity index (χ0) is 16.1. The molecule has 0 aliphatic rings. The van der Waals surface area contributed by atoms with Crippen LogP contribution in [0.4, 0.5) is 5.69 Å². The zero-order valence-corrected chi connectivity index (χ0v) is 13.0. The van der Waals surface area contributed by atoms with Gasteiger partial charge in [-0.25, -0.2) is 0 Å². The zero-order valence-electron chi connectivity index (χ0n) is 13.0. The highest BCUT2D eigenvalue weighted by Crippen LogP contribution is 2.25. The van der Waals surface area contributed by atoms with E-state index in [9.17, 15) is 5.11 Å². The van der Waals surface area contributed by atoms with Crippen molar-refractivity contribution >= 4 is 5.69 Å². The molecule has 1 aromatic heterocycles. The Kier molecular flexibility index (Phi) is 4.64. The maximum absolute atomic E-state index is 9.54. The molecule has 0 amide bonds. The molecule has 1 heterocycles. The van der Waals surface area contributed by atoms with Crippen LogP contribution in [0, 0.1) is 0 Å². The van der Waals surface area contributed by atoms with Gasteiger partial charge in [-0.3, -0.25) is 0 Å². The third kappa shape index (κ3) is 3.93. The lowest BCUT2D eigenvalue weighted by Gasteiger charge is -2.07. The molecular formula is C19H20N2O2. The minimum Gasteiger partial charge on any atom is -0.508 e. The fourth-order valence-corrected chi connectivity index (χ4v) is 2.47. The summed E-state index contributed by atoms with van der Waals surface area (Å²) in [7, 11) is 1.94. The van der Waals surface area contributed by atoms with Crippen molar-refractivity contribution in [3.63, 3.8) is 0 Å². The average molecular weight is 308 g/mol. The molecule has 3 N–H and O–H groups in total. The van der Waals surface area contributed by atoms with Crippen LogP contribution >= 0.6 is 0 Å². The van der Waals surface area contributed by atoms with Crippen LogP contribution in [0.25, 0.3) is 11.3 Å². The number of aromatic hydroxyl groups is 1. The van der Waals surface area contributed by atoms with E-state index in [-0.39, 0.29) is 5.75 Å². The standard InChI is InChI=1S/C19H20N2O2/c1-20-12-14-4-2-6-16(10-14)21-13-18-8-9-19(23-18)15-5-3-7-17(22)11-15/h2-11,20-22H,12-13H2,1H3. The number of anilines is 1. The lowest BCUT2D eigenvalue weighted by Crippen LogP contribution is -2.05.